The highest BCUT2D eigenvalue weighted by Gasteiger charge is 2.23. The average Bonchev–Trinajstić information content (AvgIpc) is 3.40. The van der Waals surface area contributed by atoms with Crippen molar-refractivity contribution >= 4 is 11.5 Å². The van der Waals surface area contributed by atoms with Crippen LogP contribution < -0.4 is 10.6 Å². The van der Waals surface area contributed by atoms with Gasteiger partial charge in [-0.1, -0.05) is 0 Å². The normalized spacial score (nSPS) is 14.0. The van der Waals surface area contributed by atoms with Crippen LogP contribution in [-0.2, 0) is 5.41 Å². The molecule has 0 spiro atoms. The van der Waals surface area contributed by atoms with E-state index in [9.17, 15) is 5.26 Å². The van der Waals surface area contributed by atoms with Gasteiger partial charge in [-0.25, -0.2) is 9.97 Å². The van der Waals surface area contributed by atoms with Gasteiger partial charge in [0, 0.05) is 36.1 Å². The van der Waals surface area contributed by atoms with Crippen LogP contribution in [0.3, 0.4) is 0 Å². The lowest BCUT2D eigenvalue weighted by atomic mass is 9.90. The molecule has 1 aliphatic rings. The van der Waals surface area contributed by atoms with Crippen molar-refractivity contribution in [2.75, 3.05) is 23.7 Å². The molecule has 4 heterocycles. The fourth-order valence-electron chi connectivity index (χ4n) is 4.09. The first-order chi connectivity index (χ1) is 16.9. The lowest BCUT2D eigenvalue weighted by molar-refractivity contribution is 0.577. The van der Waals surface area contributed by atoms with Crippen molar-refractivity contribution in [3.63, 3.8) is 0 Å². The van der Waals surface area contributed by atoms with Crippen LogP contribution in [0.15, 0.2) is 53.2 Å². The van der Waals surface area contributed by atoms with Crippen LogP contribution in [0.2, 0.25) is 0 Å². The number of benzene rings is 1. The number of nitrogens with zero attached hydrogens (tertiary/aromatic N) is 7. The number of nitrogen functional groups attached to an aromatic ring is 1. The van der Waals surface area contributed by atoms with Gasteiger partial charge in [0.1, 0.15) is 0 Å². The molecule has 0 aliphatic carbocycles. The van der Waals surface area contributed by atoms with Gasteiger partial charge in [0.05, 0.1) is 29.1 Å². The summed E-state index contributed by atoms with van der Waals surface area (Å²) in [4.78, 5) is 15.7. The lowest BCUT2D eigenvalue weighted by Gasteiger charge is -2.28. The monoisotopic (exact) mass is 466 g/mol. The Morgan fingerprint density at radius 3 is 2.46 bits per heavy atom. The van der Waals surface area contributed by atoms with E-state index in [-0.39, 0.29) is 11.7 Å². The van der Waals surface area contributed by atoms with Crippen molar-refractivity contribution < 1.29 is 4.42 Å². The smallest absolute Gasteiger partial charge is 0.270 e. The number of nitrogens with two attached hydrogens (primary N) is 1. The predicted octanol–water partition coefficient (Wildman–Crippen LogP) is 4.63. The van der Waals surface area contributed by atoms with Crippen LogP contribution in [0.4, 0.5) is 11.5 Å². The van der Waals surface area contributed by atoms with Gasteiger partial charge in [-0.2, -0.15) is 5.26 Å². The van der Waals surface area contributed by atoms with Crippen molar-refractivity contribution in [1.29, 1.82) is 5.26 Å². The summed E-state index contributed by atoms with van der Waals surface area (Å²) in [5.41, 5.74) is 9.69. The molecule has 0 radical (unpaired) electrons. The van der Waals surface area contributed by atoms with E-state index in [0.717, 1.165) is 24.2 Å². The topological polar surface area (TPSA) is 131 Å². The SMILES string of the molecule is CC(C)(C#N)c1cc(-c2cnc(N)c(-c3nnc(-c4ccc(N5CCCCC5)cc4)o3)n2)ccn1. The van der Waals surface area contributed by atoms with E-state index >= 15 is 0 Å². The molecule has 0 amide bonds. The van der Waals surface area contributed by atoms with Gasteiger partial charge >= 0.3 is 0 Å². The third-order valence-electron chi connectivity index (χ3n) is 6.24. The van der Waals surface area contributed by atoms with Gasteiger partial charge in [-0.3, -0.25) is 4.98 Å². The van der Waals surface area contributed by atoms with Crippen molar-refractivity contribution in [1.82, 2.24) is 25.1 Å². The molecular formula is C26H26N8O. The molecular weight excluding hydrogens is 440 g/mol. The molecule has 0 unspecified atom stereocenters. The Hall–Kier alpha value is -4.32. The molecule has 1 aliphatic heterocycles. The average molecular weight is 467 g/mol. The number of nitriles is 1. The molecule has 35 heavy (non-hydrogen) atoms. The van der Waals surface area contributed by atoms with Crippen LogP contribution in [0.1, 0.15) is 38.8 Å². The maximum Gasteiger partial charge on any atom is 0.270 e. The molecule has 1 saturated heterocycles. The molecule has 176 valence electrons. The third kappa shape index (κ3) is 4.55. The molecule has 9 heteroatoms. The maximum atomic E-state index is 9.45. The van der Waals surface area contributed by atoms with Crippen molar-refractivity contribution in [2.24, 2.45) is 0 Å². The van der Waals surface area contributed by atoms with Crippen LogP contribution >= 0.6 is 0 Å². The zero-order chi connectivity index (χ0) is 24.4. The van der Waals surface area contributed by atoms with E-state index in [2.05, 4.69) is 48.3 Å². The summed E-state index contributed by atoms with van der Waals surface area (Å²) in [6.45, 7) is 5.81. The first-order valence-corrected chi connectivity index (χ1v) is 11.6. The summed E-state index contributed by atoms with van der Waals surface area (Å²) in [5.74, 6) is 0.772. The minimum Gasteiger partial charge on any atom is -0.414 e. The van der Waals surface area contributed by atoms with Gasteiger partial charge in [0.15, 0.2) is 11.5 Å². The van der Waals surface area contributed by atoms with Crippen molar-refractivity contribution in [3.8, 4) is 40.4 Å². The summed E-state index contributed by atoms with van der Waals surface area (Å²) in [5, 5.41) is 17.8. The van der Waals surface area contributed by atoms with E-state index in [1.165, 1.54) is 24.9 Å². The number of aromatic nitrogens is 5. The Morgan fingerprint density at radius 2 is 1.71 bits per heavy atom. The van der Waals surface area contributed by atoms with Gasteiger partial charge in [0.25, 0.3) is 5.89 Å². The minimum atomic E-state index is -0.731. The Balaban J connectivity index is 1.42. The summed E-state index contributed by atoms with van der Waals surface area (Å²) < 4.78 is 5.93. The van der Waals surface area contributed by atoms with Crippen LogP contribution in [0.25, 0.3) is 34.3 Å². The highest BCUT2D eigenvalue weighted by Crippen LogP contribution is 2.30. The molecule has 1 fully saturated rings. The van der Waals surface area contributed by atoms with Gasteiger partial charge < -0.3 is 15.1 Å². The Morgan fingerprint density at radius 1 is 0.971 bits per heavy atom. The Kier molecular flexibility index (Phi) is 5.87. The van der Waals surface area contributed by atoms with Crippen LogP contribution in [-0.4, -0.2) is 38.2 Å². The van der Waals surface area contributed by atoms with Gasteiger partial charge in [-0.15, -0.1) is 10.2 Å². The standard InChI is InChI=1S/C26H26N8O/c1-26(2,16-27)21-14-18(10-11-29-21)20-15-30-23(28)22(31-20)25-33-32-24(35-25)17-6-8-19(9-7-17)34-12-4-3-5-13-34/h6-11,14-15H,3-5,12-13H2,1-2H3,(H2,28,30). The molecule has 5 rings (SSSR count). The van der Waals surface area contributed by atoms with E-state index in [4.69, 9.17) is 10.2 Å². The molecule has 0 bridgehead atoms. The van der Waals surface area contributed by atoms with E-state index in [1.807, 2.05) is 38.1 Å². The van der Waals surface area contributed by atoms with Crippen molar-refractivity contribution in [2.45, 2.75) is 38.5 Å². The first kappa shape index (κ1) is 22.5. The van der Waals surface area contributed by atoms with E-state index in [0.29, 0.717) is 23.0 Å². The quantitative estimate of drug-likeness (QED) is 0.447. The number of hydrogen-bond acceptors (Lipinski definition) is 9. The van der Waals surface area contributed by atoms with Crippen molar-refractivity contribution in [3.05, 3.63) is 54.5 Å². The summed E-state index contributed by atoms with van der Waals surface area (Å²) in [6, 6.07) is 14.1. The van der Waals surface area contributed by atoms with Crippen LogP contribution in [0.5, 0.6) is 0 Å². The summed E-state index contributed by atoms with van der Waals surface area (Å²) in [6.07, 6.45) is 6.99. The van der Waals surface area contributed by atoms with E-state index in [1.54, 1.807) is 12.4 Å². The fraction of sp³-hybridized carbons (Fsp3) is 0.308. The predicted molar refractivity (Wildman–Crippen MR) is 133 cm³/mol. The third-order valence-corrected chi connectivity index (χ3v) is 6.24. The second-order valence-electron chi connectivity index (χ2n) is 9.16. The maximum absolute atomic E-state index is 9.45. The summed E-state index contributed by atoms with van der Waals surface area (Å²) in [7, 11) is 0. The molecule has 0 saturated carbocycles. The Labute approximate surface area is 203 Å². The van der Waals surface area contributed by atoms with Gasteiger partial charge in [0.2, 0.25) is 5.89 Å². The highest BCUT2D eigenvalue weighted by molar-refractivity contribution is 5.69. The largest absolute Gasteiger partial charge is 0.414 e. The number of piperidine rings is 1. The van der Waals surface area contributed by atoms with Crippen LogP contribution in [0, 0.1) is 11.3 Å². The number of hydrogen-bond donors (Lipinski definition) is 1. The summed E-state index contributed by atoms with van der Waals surface area (Å²) >= 11 is 0. The zero-order valence-electron chi connectivity index (χ0n) is 19.8. The molecule has 0 atom stereocenters. The highest BCUT2D eigenvalue weighted by atomic mass is 16.4. The first-order valence-electron chi connectivity index (χ1n) is 11.6. The van der Waals surface area contributed by atoms with E-state index < -0.39 is 5.41 Å². The molecule has 4 aromatic rings. The molecule has 1 aromatic carbocycles. The lowest BCUT2D eigenvalue weighted by Crippen LogP contribution is -2.29. The number of anilines is 2. The zero-order valence-corrected chi connectivity index (χ0v) is 19.8. The second kappa shape index (κ2) is 9.14. The Bertz CT molecular complexity index is 1380. The molecule has 9 nitrogen and oxygen atoms in total. The number of pyridine rings is 1. The molecule has 2 N–H and O–H groups in total. The minimum absolute atomic E-state index is 0.191. The molecule has 3 aromatic heterocycles. The number of rotatable bonds is 5. The van der Waals surface area contributed by atoms with Gasteiger partial charge in [-0.05, 0) is 69.5 Å². The second-order valence-corrected chi connectivity index (χ2v) is 9.16. The fourth-order valence-corrected chi connectivity index (χ4v) is 4.09.